The number of aliphatic carboxylic acids is 1. The molecule has 27 heavy (non-hydrogen) atoms. The van der Waals surface area contributed by atoms with Crippen LogP contribution < -0.4 is 5.32 Å². The molecule has 9 heteroatoms. The number of benzene rings is 2. The summed E-state index contributed by atoms with van der Waals surface area (Å²) in [5, 5.41) is 24.9. The van der Waals surface area contributed by atoms with E-state index in [9.17, 15) is 9.59 Å². The molecule has 0 radical (unpaired) electrons. The molecule has 138 valence electrons. The molecule has 8 nitrogen and oxygen atoms in total. The zero-order chi connectivity index (χ0) is 19.2. The number of H-pyrrole nitrogens is 1. The number of halogens is 1. The van der Waals surface area contributed by atoms with Gasteiger partial charge in [-0.05, 0) is 34.4 Å². The van der Waals surface area contributed by atoms with E-state index in [1.165, 1.54) is 0 Å². The number of amides is 1. The molecule has 1 atom stereocenters. The van der Waals surface area contributed by atoms with Crippen LogP contribution in [0.2, 0.25) is 5.02 Å². The highest BCUT2D eigenvalue weighted by atomic mass is 35.5. The summed E-state index contributed by atoms with van der Waals surface area (Å²) in [5.41, 5.74) is 2.71. The van der Waals surface area contributed by atoms with Crippen LogP contribution in [-0.4, -0.2) is 43.6 Å². The van der Waals surface area contributed by atoms with Crippen LogP contribution in [0.4, 0.5) is 0 Å². The smallest absolute Gasteiger partial charge is 0.305 e. The van der Waals surface area contributed by atoms with Gasteiger partial charge in [0.05, 0.1) is 6.42 Å². The van der Waals surface area contributed by atoms with Crippen LogP contribution in [0, 0.1) is 0 Å². The highest BCUT2D eigenvalue weighted by Gasteiger charge is 2.21. The van der Waals surface area contributed by atoms with Crippen LogP contribution in [0.5, 0.6) is 0 Å². The number of carboxylic acid groups (broad SMARTS) is 1. The van der Waals surface area contributed by atoms with E-state index in [1.807, 2.05) is 48.5 Å². The molecular weight excluding hydrogens is 370 g/mol. The molecule has 0 aliphatic carbocycles. The van der Waals surface area contributed by atoms with Gasteiger partial charge in [-0.1, -0.05) is 54.1 Å². The van der Waals surface area contributed by atoms with Crippen LogP contribution in [0.25, 0.3) is 11.1 Å². The van der Waals surface area contributed by atoms with Crippen molar-refractivity contribution in [2.45, 2.75) is 18.9 Å². The molecule has 0 spiro atoms. The van der Waals surface area contributed by atoms with E-state index >= 15 is 0 Å². The number of aromatic amines is 1. The molecule has 0 fully saturated rings. The fourth-order valence-electron chi connectivity index (χ4n) is 2.68. The summed E-state index contributed by atoms with van der Waals surface area (Å²) in [4.78, 5) is 23.2. The van der Waals surface area contributed by atoms with Gasteiger partial charge in [0.1, 0.15) is 0 Å². The van der Waals surface area contributed by atoms with E-state index in [0.29, 0.717) is 5.02 Å². The quantitative estimate of drug-likeness (QED) is 0.574. The van der Waals surface area contributed by atoms with Gasteiger partial charge < -0.3 is 10.4 Å². The Morgan fingerprint density at radius 1 is 1.15 bits per heavy atom. The Labute approximate surface area is 159 Å². The maximum atomic E-state index is 12.1. The van der Waals surface area contributed by atoms with Gasteiger partial charge in [0, 0.05) is 11.1 Å². The maximum Gasteiger partial charge on any atom is 0.305 e. The molecule has 3 aromatic rings. The van der Waals surface area contributed by atoms with Crippen molar-refractivity contribution >= 4 is 23.5 Å². The number of carbonyl (C=O) groups is 2. The van der Waals surface area contributed by atoms with Crippen LogP contribution in [0.15, 0.2) is 48.5 Å². The highest BCUT2D eigenvalue weighted by Crippen LogP contribution is 2.26. The minimum Gasteiger partial charge on any atom is -0.481 e. The Hall–Kier alpha value is -3.26. The minimum atomic E-state index is -1.04. The van der Waals surface area contributed by atoms with Gasteiger partial charge in [-0.25, -0.2) is 0 Å². The van der Waals surface area contributed by atoms with Crippen LogP contribution in [-0.2, 0) is 11.2 Å². The van der Waals surface area contributed by atoms with Gasteiger partial charge in [-0.3, -0.25) is 9.59 Å². The predicted molar refractivity (Wildman–Crippen MR) is 98.3 cm³/mol. The predicted octanol–water partition coefficient (Wildman–Crippen LogP) is 2.34. The Bertz CT molecular complexity index is 931. The molecule has 1 amide bonds. The molecule has 3 rings (SSSR count). The molecule has 3 N–H and O–H groups in total. The third-order valence-corrected chi connectivity index (χ3v) is 4.28. The molecule has 0 aliphatic rings. The number of tetrazole rings is 1. The molecule has 0 saturated heterocycles. The number of hydrogen-bond acceptors (Lipinski definition) is 5. The summed E-state index contributed by atoms with van der Waals surface area (Å²) in [6.07, 6.45) is -0.00977. The van der Waals surface area contributed by atoms with Crippen molar-refractivity contribution < 1.29 is 14.7 Å². The fourth-order valence-corrected chi connectivity index (χ4v) is 2.94. The van der Waals surface area contributed by atoms with Crippen molar-refractivity contribution in [2.75, 3.05) is 0 Å². The number of hydrogen-bond donors (Lipinski definition) is 3. The van der Waals surface area contributed by atoms with Gasteiger partial charge >= 0.3 is 5.97 Å². The zero-order valence-electron chi connectivity index (χ0n) is 14.1. The van der Waals surface area contributed by atoms with Gasteiger partial charge in [-0.2, -0.15) is 5.21 Å². The first-order valence-electron chi connectivity index (χ1n) is 8.13. The van der Waals surface area contributed by atoms with Crippen LogP contribution in [0.1, 0.15) is 22.6 Å². The second-order valence-electron chi connectivity index (χ2n) is 5.88. The van der Waals surface area contributed by atoms with E-state index in [1.54, 1.807) is 0 Å². The van der Waals surface area contributed by atoms with Gasteiger partial charge in [0.15, 0.2) is 0 Å². The van der Waals surface area contributed by atoms with E-state index in [2.05, 4.69) is 25.9 Å². The molecule has 1 aromatic heterocycles. The summed E-state index contributed by atoms with van der Waals surface area (Å²) in [6, 6.07) is 14.7. The molecule has 1 heterocycles. The molecule has 2 aromatic carbocycles. The Morgan fingerprint density at radius 3 is 2.56 bits per heavy atom. The number of carbonyl (C=O) groups excluding carboxylic acids is 1. The summed E-state index contributed by atoms with van der Waals surface area (Å²) < 4.78 is 0. The number of carboxylic acids is 1. The average Bonchev–Trinajstić information content (AvgIpc) is 3.18. The molecule has 0 aliphatic heterocycles. The van der Waals surface area contributed by atoms with Gasteiger partial charge in [-0.15, -0.1) is 10.2 Å². The van der Waals surface area contributed by atoms with Gasteiger partial charge in [0.25, 0.3) is 11.7 Å². The number of nitrogens with zero attached hydrogens (tertiary/aromatic N) is 3. The Morgan fingerprint density at radius 2 is 1.93 bits per heavy atom. The van der Waals surface area contributed by atoms with Crippen molar-refractivity contribution in [3.8, 4) is 11.1 Å². The first-order valence-corrected chi connectivity index (χ1v) is 8.50. The van der Waals surface area contributed by atoms with E-state index in [-0.39, 0.29) is 18.7 Å². The SMILES string of the molecule is O=C(O)C[C@@H](Cc1ccc(-c2ccccc2)cc1Cl)NC(=O)c1nn[nH]n1. The van der Waals surface area contributed by atoms with Crippen LogP contribution in [0.3, 0.4) is 0 Å². The van der Waals surface area contributed by atoms with E-state index < -0.39 is 17.9 Å². The lowest BCUT2D eigenvalue weighted by atomic mass is 9.99. The average molecular weight is 386 g/mol. The van der Waals surface area contributed by atoms with Crippen molar-refractivity contribution in [3.63, 3.8) is 0 Å². The second kappa shape index (κ2) is 8.41. The molecule has 0 bridgehead atoms. The number of rotatable bonds is 7. The topological polar surface area (TPSA) is 121 Å². The lowest BCUT2D eigenvalue weighted by Crippen LogP contribution is -2.38. The normalized spacial score (nSPS) is 11.7. The van der Waals surface area contributed by atoms with E-state index in [4.69, 9.17) is 16.7 Å². The third-order valence-electron chi connectivity index (χ3n) is 3.93. The first-order chi connectivity index (χ1) is 13.0. The lowest BCUT2D eigenvalue weighted by molar-refractivity contribution is -0.137. The maximum absolute atomic E-state index is 12.1. The second-order valence-corrected chi connectivity index (χ2v) is 6.29. The highest BCUT2D eigenvalue weighted by molar-refractivity contribution is 6.31. The van der Waals surface area contributed by atoms with Crippen molar-refractivity contribution in [3.05, 3.63) is 64.9 Å². The number of aromatic nitrogens is 4. The van der Waals surface area contributed by atoms with Crippen molar-refractivity contribution in [1.29, 1.82) is 0 Å². The monoisotopic (exact) mass is 385 g/mol. The molecule has 0 saturated carbocycles. The van der Waals surface area contributed by atoms with E-state index in [0.717, 1.165) is 16.7 Å². The van der Waals surface area contributed by atoms with Gasteiger partial charge in [0.2, 0.25) is 0 Å². The standard InChI is InChI=1S/C18H16ClN5O3/c19-15-9-12(11-4-2-1-3-5-11)6-7-13(15)8-14(10-16(25)26)20-18(27)17-21-23-24-22-17/h1-7,9,14H,8,10H2,(H,20,27)(H,25,26)(H,21,22,23,24)/t14-/m1/s1. The minimum absolute atomic E-state index is 0.157. The zero-order valence-corrected chi connectivity index (χ0v) is 14.8. The largest absolute Gasteiger partial charge is 0.481 e. The third kappa shape index (κ3) is 4.89. The fraction of sp³-hybridized carbons (Fsp3) is 0.167. The Kier molecular flexibility index (Phi) is 5.77. The number of nitrogens with one attached hydrogen (secondary N) is 2. The Balaban J connectivity index is 1.77. The first kappa shape index (κ1) is 18.5. The summed E-state index contributed by atoms with van der Waals surface area (Å²) in [6.45, 7) is 0. The van der Waals surface area contributed by atoms with Crippen LogP contribution >= 0.6 is 11.6 Å². The molecular formula is C18H16ClN5O3. The van der Waals surface area contributed by atoms with Crippen molar-refractivity contribution in [2.24, 2.45) is 0 Å². The summed E-state index contributed by atoms with van der Waals surface area (Å²) >= 11 is 6.40. The lowest BCUT2D eigenvalue weighted by Gasteiger charge is -2.17. The van der Waals surface area contributed by atoms with Crippen molar-refractivity contribution in [1.82, 2.24) is 25.9 Å². The molecule has 0 unspecified atom stereocenters. The summed E-state index contributed by atoms with van der Waals surface area (Å²) in [5.74, 6) is -1.80. The summed E-state index contributed by atoms with van der Waals surface area (Å²) in [7, 11) is 0.